The summed E-state index contributed by atoms with van der Waals surface area (Å²) < 4.78 is 5.67. The molecule has 0 radical (unpaired) electrons. The summed E-state index contributed by atoms with van der Waals surface area (Å²) in [5.74, 6) is 0.932. The fraction of sp³-hybridized carbons (Fsp3) is 0.235. The number of carbonyl (C=O) groups is 1. The quantitative estimate of drug-likeness (QED) is 0.569. The second kappa shape index (κ2) is 7.11. The molecule has 0 fully saturated rings. The Morgan fingerprint density at radius 1 is 1.15 bits per heavy atom. The van der Waals surface area contributed by atoms with E-state index in [0.29, 0.717) is 24.5 Å². The first kappa shape index (κ1) is 14.6. The Balaban J connectivity index is 1.79. The first-order chi connectivity index (χ1) is 9.66. The summed E-state index contributed by atoms with van der Waals surface area (Å²) in [7, 11) is 0. The van der Waals surface area contributed by atoms with Crippen LogP contribution in [0.2, 0.25) is 5.02 Å². The minimum absolute atomic E-state index is 0.150. The van der Waals surface area contributed by atoms with Crippen molar-refractivity contribution >= 4 is 17.4 Å². The van der Waals surface area contributed by atoms with Crippen LogP contribution in [0.5, 0.6) is 5.75 Å². The molecule has 0 heterocycles. The van der Waals surface area contributed by atoms with Gasteiger partial charge in [0.1, 0.15) is 5.75 Å². The Kier molecular flexibility index (Phi) is 5.19. The third-order valence-corrected chi connectivity index (χ3v) is 3.29. The smallest absolute Gasteiger partial charge is 0.163 e. The minimum Gasteiger partial charge on any atom is -0.493 e. The lowest BCUT2D eigenvalue weighted by Crippen LogP contribution is -2.04. The van der Waals surface area contributed by atoms with Crippen LogP contribution in [0.1, 0.15) is 28.8 Å². The largest absolute Gasteiger partial charge is 0.493 e. The van der Waals surface area contributed by atoms with E-state index in [4.69, 9.17) is 16.3 Å². The number of carbonyl (C=O) groups excluding carboxylic acids is 1. The van der Waals surface area contributed by atoms with Crippen LogP contribution in [0, 0.1) is 6.92 Å². The van der Waals surface area contributed by atoms with Crippen LogP contribution in [-0.4, -0.2) is 12.4 Å². The molecule has 2 rings (SSSR count). The van der Waals surface area contributed by atoms with Crippen molar-refractivity contribution in [2.24, 2.45) is 0 Å². The lowest BCUT2D eigenvalue weighted by molar-refractivity contribution is 0.0973. The monoisotopic (exact) mass is 288 g/mol. The van der Waals surface area contributed by atoms with E-state index in [1.54, 1.807) is 6.07 Å². The maximum atomic E-state index is 11.9. The SMILES string of the molecule is Cc1ccc(Cl)cc1OCCCC(=O)c1ccccc1. The Bertz CT molecular complexity index is 579. The zero-order valence-corrected chi connectivity index (χ0v) is 12.2. The second-order valence-corrected chi connectivity index (χ2v) is 5.09. The van der Waals surface area contributed by atoms with E-state index >= 15 is 0 Å². The van der Waals surface area contributed by atoms with E-state index in [1.165, 1.54) is 0 Å². The molecule has 2 aromatic carbocycles. The van der Waals surface area contributed by atoms with Crippen molar-refractivity contribution in [2.45, 2.75) is 19.8 Å². The summed E-state index contributed by atoms with van der Waals surface area (Å²) in [5, 5.41) is 0.658. The van der Waals surface area contributed by atoms with Gasteiger partial charge in [0.05, 0.1) is 6.61 Å². The van der Waals surface area contributed by atoms with E-state index in [2.05, 4.69) is 0 Å². The number of benzene rings is 2. The Labute approximate surface area is 124 Å². The molecule has 0 aromatic heterocycles. The Morgan fingerprint density at radius 2 is 1.90 bits per heavy atom. The highest BCUT2D eigenvalue weighted by atomic mass is 35.5. The van der Waals surface area contributed by atoms with E-state index in [0.717, 1.165) is 16.9 Å². The first-order valence-electron chi connectivity index (χ1n) is 6.64. The zero-order valence-electron chi connectivity index (χ0n) is 11.4. The van der Waals surface area contributed by atoms with Crippen LogP contribution in [0.25, 0.3) is 0 Å². The van der Waals surface area contributed by atoms with Crippen LogP contribution in [0.3, 0.4) is 0 Å². The van der Waals surface area contributed by atoms with E-state index < -0.39 is 0 Å². The summed E-state index contributed by atoms with van der Waals surface area (Å²) in [6, 6.07) is 14.9. The number of aryl methyl sites for hydroxylation is 1. The van der Waals surface area contributed by atoms with Crippen molar-refractivity contribution in [3.8, 4) is 5.75 Å². The van der Waals surface area contributed by atoms with Crippen molar-refractivity contribution in [1.82, 2.24) is 0 Å². The Morgan fingerprint density at radius 3 is 2.65 bits per heavy atom. The van der Waals surface area contributed by atoms with Gasteiger partial charge < -0.3 is 4.74 Å². The van der Waals surface area contributed by atoms with Crippen molar-refractivity contribution in [1.29, 1.82) is 0 Å². The standard InChI is InChI=1S/C17H17ClO2/c1-13-9-10-15(18)12-17(13)20-11-5-8-16(19)14-6-3-2-4-7-14/h2-4,6-7,9-10,12H,5,8,11H2,1H3. The van der Waals surface area contributed by atoms with Crippen molar-refractivity contribution in [3.63, 3.8) is 0 Å². The number of Topliss-reactive ketones (excluding diaryl/α,β-unsaturated/α-hetero) is 1. The fourth-order valence-corrected chi connectivity index (χ4v) is 2.07. The van der Waals surface area contributed by atoms with Gasteiger partial charge in [-0.3, -0.25) is 4.79 Å². The Hall–Kier alpha value is -1.80. The maximum Gasteiger partial charge on any atom is 0.163 e. The maximum absolute atomic E-state index is 11.9. The summed E-state index contributed by atoms with van der Waals surface area (Å²) in [4.78, 5) is 11.9. The molecule has 2 aromatic rings. The van der Waals surface area contributed by atoms with E-state index in [1.807, 2.05) is 49.4 Å². The zero-order chi connectivity index (χ0) is 14.4. The molecule has 0 unspecified atom stereocenters. The van der Waals surface area contributed by atoms with Crippen LogP contribution in [-0.2, 0) is 0 Å². The van der Waals surface area contributed by atoms with Crippen LogP contribution in [0.4, 0.5) is 0 Å². The molecule has 0 bridgehead atoms. The highest BCUT2D eigenvalue weighted by molar-refractivity contribution is 6.30. The predicted molar refractivity (Wildman–Crippen MR) is 81.7 cm³/mol. The molecule has 0 N–H and O–H groups in total. The van der Waals surface area contributed by atoms with Crippen molar-refractivity contribution in [3.05, 3.63) is 64.7 Å². The highest BCUT2D eigenvalue weighted by Crippen LogP contribution is 2.22. The van der Waals surface area contributed by atoms with Gasteiger partial charge in [-0.15, -0.1) is 0 Å². The van der Waals surface area contributed by atoms with Gasteiger partial charge >= 0.3 is 0 Å². The number of ketones is 1. The van der Waals surface area contributed by atoms with E-state index in [-0.39, 0.29) is 5.78 Å². The highest BCUT2D eigenvalue weighted by Gasteiger charge is 2.05. The first-order valence-corrected chi connectivity index (χ1v) is 7.02. The molecule has 0 atom stereocenters. The number of rotatable bonds is 6. The number of hydrogen-bond acceptors (Lipinski definition) is 2. The summed E-state index contributed by atoms with van der Waals surface area (Å²) in [6.45, 7) is 2.49. The normalized spacial score (nSPS) is 10.3. The molecule has 0 saturated heterocycles. The van der Waals surface area contributed by atoms with Crippen molar-refractivity contribution < 1.29 is 9.53 Å². The molecule has 20 heavy (non-hydrogen) atoms. The second-order valence-electron chi connectivity index (χ2n) is 4.65. The number of halogens is 1. The predicted octanol–water partition coefficient (Wildman–Crippen LogP) is 4.69. The topological polar surface area (TPSA) is 26.3 Å². The lowest BCUT2D eigenvalue weighted by atomic mass is 10.1. The van der Waals surface area contributed by atoms with Gasteiger partial charge in [0, 0.05) is 17.0 Å². The van der Waals surface area contributed by atoms with Gasteiger partial charge in [-0.25, -0.2) is 0 Å². The summed E-state index contributed by atoms with van der Waals surface area (Å²) in [5.41, 5.74) is 1.80. The third kappa shape index (κ3) is 4.10. The van der Waals surface area contributed by atoms with Gasteiger partial charge in [-0.1, -0.05) is 48.0 Å². The molecule has 0 spiro atoms. The average molecular weight is 289 g/mol. The number of ether oxygens (including phenoxy) is 1. The fourth-order valence-electron chi connectivity index (χ4n) is 1.91. The average Bonchev–Trinajstić information content (AvgIpc) is 2.47. The summed E-state index contributed by atoms with van der Waals surface area (Å²) >= 11 is 5.93. The minimum atomic E-state index is 0.150. The third-order valence-electron chi connectivity index (χ3n) is 3.05. The molecular formula is C17H17ClO2. The van der Waals surface area contributed by atoms with Crippen LogP contribution in [0.15, 0.2) is 48.5 Å². The molecule has 0 aliphatic heterocycles. The lowest BCUT2D eigenvalue weighted by Gasteiger charge is -2.09. The molecule has 0 amide bonds. The molecule has 0 saturated carbocycles. The van der Waals surface area contributed by atoms with Crippen LogP contribution < -0.4 is 4.74 Å². The van der Waals surface area contributed by atoms with Gasteiger partial charge in [0.2, 0.25) is 0 Å². The molecule has 3 heteroatoms. The molecule has 2 nitrogen and oxygen atoms in total. The molecule has 0 aliphatic carbocycles. The van der Waals surface area contributed by atoms with Crippen molar-refractivity contribution in [2.75, 3.05) is 6.61 Å². The van der Waals surface area contributed by atoms with Gasteiger partial charge in [-0.05, 0) is 31.0 Å². The summed E-state index contributed by atoms with van der Waals surface area (Å²) in [6.07, 6.45) is 1.18. The van der Waals surface area contributed by atoms with Gasteiger partial charge in [0.25, 0.3) is 0 Å². The molecule has 104 valence electrons. The van der Waals surface area contributed by atoms with Crippen LogP contribution >= 0.6 is 11.6 Å². The van der Waals surface area contributed by atoms with Gasteiger partial charge in [-0.2, -0.15) is 0 Å². The van der Waals surface area contributed by atoms with Gasteiger partial charge in [0.15, 0.2) is 5.78 Å². The van der Waals surface area contributed by atoms with E-state index in [9.17, 15) is 4.79 Å². The molecular weight excluding hydrogens is 272 g/mol. The number of hydrogen-bond donors (Lipinski definition) is 0. The molecule has 0 aliphatic rings.